The maximum Gasteiger partial charge on any atom is 0.191 e. The van der Waals surface area contributed by atoms with Gasteiger partial charge in [-0.05, 0) is 45.7 Å². The van der Waals surface area contributed by atoms with E-state index in [0.29, 0.717) is 24.1 Å². The lowest BCUT2D eigenvalue weighted by Gasteiger charge is -2.60. The third-order valence-corrected chi connectivity index (χ3v) is 6.33. The van der Waals surface area contributed by atoms with E-state index in [-0.39, 0.29) is 29.4 Å². The molecule has 0 aromatic rings. The van der Waals surface area contributed by atoms with E-state index in [0.717, 1.165) is 32.2 Å². The minimum atomic E-state index is 0. The van der Waals surface area contributed by atoms with Crippen molar-refractivity contribution in [2.45, 2.75) is 71.6 Å². The summed E-state index contributed by atoms with van der Waals surface area (Å²) in [4.78, 5) is 7.49. The van der Waals surface area contributed by atoms with Crippen LogP contribution in [0.5, 0.6) is 0 Å². The summed E-state index contributed by atoms with van der Waals surface area (Å²) in [5.41, 5.74) is 0.185. The third kappa shape index (κ3) is 4.43. The molecule has 4 unspecified atom stereocenters. The SMILES string of the molecule is CCNC(=NCC1CCCN1CC)NC1C2CCCOC2C1(C)C.I. The first-order valence-electron chi connectivity index (χ1n) is 9.98. The number of hydrogen-bond acceptors (Lipinski definition) is 3. The Morgan fingerprint density at radius 3 is 2.76 bits per heavy atom. The maximum absolute atomic E-state index is 6.03. The summed E-state index contributed by atoms with van der Waals surface area (Å²) in [6.45, 7) is 14.2. The number of halogens is 1. The Balaban J connectivity index is 0.00000225. The van der Waals surface area contributed by atoms with Crippen molar-refractivity contribution in [2.75, 3.05) is 32.8 Å². The first-order chi connectivity index (χ1) is 11.6. The molecule has 1 aliphatic carbocycles. The Bertz CT molecular complexity index is 457. The van der Waals surface area contributed by atoms with Gasteiger partial charge in [0.05, 0.1) is 12.6 Å². The standard InChI is InChI=1S/C19H36N4O.HI/c1-5-20-18(21-13-14-9-7-11-23(14)6-2)22-16-15-10-8-12-24-17(15)19(16,3)4;/h14-17H,5-13H2,1-4H3,(H2,20,21,22);1H. The third-order valence-electron chi connectivity index (χ3n) is 6.33. The zero-order chi connectivity index (χ0) is 17.2. The van der Waals surface area contributed by atoms with Gasteiger partial charge in [0, 0.05) is 36.6 Å². The second-order valence-corrected chi connectivity index (χ2v) is 8.19. The zero-order valence-corrected chi connectivity index (χ0v) is 18.7. The first kappa shape index (κ1) is 21.2. The summed E-state index contributed by atoms with van der Waals surface area (Å²) in [7, 11) is 0. The van der Waals surface area contributed by atoms with Crippen molar-refractivity contribution in [3.63, 3.8) is 0 Å². The Labute approximate surface area is 170 Å². The molecule has 3 aliphatic rings. The van der Waals surface area contributed by atoms with Crippen LogP contribution in [-0.4, -0.2) is 61.8 Å². The van der Waals surface area contributed by atoms with Gasteiger partial charge >= 0.3 is 0 Å². The Morgan fingerprint density at radius 2 is 2.04 bits per heavy atom. The number of aliphatic imine (C=N–C) groups is 1. The van der Waals surface area contributed by atoms with Gasteiger partial charge in [-0.25, -0.2) is 0 Å². The molecule has 0 aromatic carbocycles. The molecule has 5 nitrogen and oxygen atoms in total. The molecule has 2 heterocycles. The molecule has 2 saturated heterocycles. The highest BCUT2D eigenvalue weighted by Crippen LogP contribution is 2.51. The number of rotatable bonds is 5. The molecular formula is C19H37IN4O. The van der Waals surface area contributed by atoms with Crippen molar-refractivity contribution in [3.8, 4) is 0 Å². The van der Waals surface area contributed by atoms with Gasteiger partial charge in [-0.1, -0.05) is 20.8 Å². The fourth-order valence-corrected chi connectivity index (χ4v) is 5.00. The molecular weight excluding hydrogens is 427 g/mol. The number of likely N-dealkylation sites (tertiary alicyclic amines) is 1. The van der Waals surface area contributed by atoms with E-state index >= 15 is 0 Å². The molecule has 0 aromatic heterocycles. The summed E-state index contributed by atoms with van der Waals surface area (Å²) < 4.78 is 6.03. The van der Waals surface area contributed by atoms with Crippen LogP contribution in [0.4, 0.5) is 0 Å². The predicted octanol–water partition coefficient (Wildman–Crippen LogP) is 2.85. The molecule has 1 saturated carbocycles. The minimum Gasteiger partial charge on any atom is -0.377 e. The van der Waals surface area contributed by atoms with Gasteiger partial charge in [0.2, 0.25) is 0 Å². The number of hydrogen-bond donors (Lipinski definition) is 2. The van der Waals surface area contributed by atoms with E-state index in [2.05, 4.69) is 43.2 Å². The van der Waals surface area contributed by atoms with Crippen LogP contribution in [0.2, 0.25) is 0 Å². The molecule has 25 heavy (non-hydrogen) atoms. The Kier molecular flexibility index (Phi) is 7.83. The lowest BCUT2D eigenvalue weighted by molar-refractivity contribution is -0.188. The highest BCUT2D eigenvalue weighted by atomic mass is 127. The van der Waals surface area contributed by atoms with E-state index in [1.54, 1.807) is 0 Å². The van der Waals surface area contributed by atoms with Crippen LogP contribution in [0.15, 0.2) is 4.99 Å². The van der Waals surface area contributed by atoms with E-state index < -0.39 is 0 Å². The molecule has 0 bridgehead atoms. The maximum atomic E-state index is 6.03. The van der Waals surface area contributed by atoms with Crippen LogP contribution in [-0.2, 0) is 4.74 Å². The van der Waals surface area contributed by atoms with Crippen molar-refractivity contribution in [3.05, 3.63) is 0 Å². The zero-order valence-electron chi connectivity index (χ0n) is 16.4. The number of ether oxygens (including phenoxy) is 1. The van der Waals surface area contributed by atoms with Crippen LogP contribution < -0.4 is 10.6 Å². The topological polar surface area (TPSA) is 48.9 Å². The number of likely N-dealkylation sites (N-methyl/N-ethyl adjacent to an activating group) is 1. The van der Waals surface area contributed by atoms with Crippen LogP contribution in [0, 0.1) is 11.3 Å². The largest absolute Gasteiger partial charge is 0.377 e. The van der Waals surface area contributed by atoms with E-state index in [9.17, 15) is 0 Å². The fraction of sp³-hybridized carbons (Fsp3) is 0.947. The van der Waals surface area contributed by atoms with Gasteiger partial charge < -0.3 is 15.4 Å². The highest BCUT2D eigenvalue weighted by Gasteiger charge is 2.58. The number of nitrogens with one attached hydrogen (secondary N) is 2. The van der Waals surface area contributed by atoms with Gasteiger partial charge in [-0.15, -0.1) is 24.0 Å². The van der Waals surface area contributed by atoms with Gasteiger partial charge in [-0.2, -0.15) is 0 Å². The molecule has 2 N–H and O–H groups in total. The molecule has 2 aliphatic heterocycles. The van der Waals surface area contributed by atoms with Crippen molar-refractivity contribution >= 4 is 29.9 Å². The van der Waals surface area contributed by atoms with Crippen molar-refractivity contribution in [1.82, 2.24) is 15.5 Å². The molecule has 3 rings (SSSR count). The summed E-state index contributed by atoms with van der Waals surface area (Å²) >= 11 is 0. The summed E-state index contributed by atoms with van der Waals surface area (Å²) in [6, 6.07) is 1.08. The second-order valence-electron chi connectivity index (χ2n) is 8.19. The molecule has 3 fully saturated rings. The lowest BCUT2D eigenvalue weighted by atomic mass is 9.55. The van der Waals surface area contributed by atoms with E-state index in [1.165, 1.54) is 32.2 Å². The minimum absolute atomic E-state index is 0. The molecule has 4 atom stereocenters. The van der Waals surface area contributed by atoms with Gasteiger partial charge in [-0.3, -0.25) is 9.89 Å². The van der Waals surface area contributed by atoms with Crippen LogP contribution in [0.1, 0.15) is 53.4 Å². The van der Waals surface area contributed by atoms with Crippen LogP contribution in [0.3, 0.4) is 0 Å². The predicted molar refractivity (Wildman–Crippen MR) is 115 cm³/mol. The second kappa shape index (κ2) is 9.22. The lowest BCUT2D eigenvalue weighted by Crippen LogP contribution is -2.71. The average molecular weight is 464 g/mol. The van der Waals surface area contributed by atoms with E-state index in [4.69, 9.17) is 9.73 Å². The van der Waals surface area contributed by atoms with Crippen molar-refractivity contribution in [1.29, 1.82) is 0 Å². The summed E-state index contributed by atoms with van der Waals surface area (Å²) in [5.74, 6) is 1.62. The quantitative estimate of drug-likeness (QED) is 0.373. The normalized spacial score (nSPS) is 34.6. The molecule has 0 spiro atoms. The van der Waals surface area contributed by atoms with Crippen molar-refractivity contribution in [2.24, 2.45) is 16.3 Å². The van der Waals surface area contributed by atoms with Crippen molar-refractivity contribution < 1.29 is 4.74 Å². The summed E-state index contributed by atoms with van der Waals surface area (Å²) in [5, 5.41) is 7.19. The van der Waals surface area contributed by atoms with Crippen LogP contribution in [0.25, 0.3) is 0 Å². The summed E-state index contributed by atoms with van der Waals surface area (Å²) in [6.07, 6.45) is 5.48. The molecule has 146 valence electrons. The smallest absolute Gasteiger partial charge is 0.191 e. The number of guanidine groups is 1. The van der Waals surface area contributed by atoms with Crippen LogP contribution >= 0.6 is 24.0 Å². The first-order valence-corrected chi connectivity index (χ1v) is 9.98. The fourth-order valence-electron chi connectivity index (χ4n) is 5.00. The van der Waals surface area contributed by atoms with Gasteiger partial charge in [0.15, 0.2) is 5.96 Å². The number of fused-ring (bicyclic) bond motifs is 1. The van der Waals surface area contributed by atoms with Gasteiger partial charge in [0.25, 0.3) is 0 Å². The molecule has 0 amide bonds. The monoisotopic (exact) mass is 464 g/mol. The average Bonchev–Trinajstić information content (AvgIpc) is 3.04. The molecule has 6 heteroatoms. The van der Waals surface area contributed by atoms with E-state index in [1.807, 2.05) is 0 Å². The Hall–Kier alpha value is -0.0800. The highest BCUT2D eigenvalue weighted by molar-refractivity contribution is 14.0. The number of nitrogens with zero attached hydrogens (tertiary/aromatic N) is 2. The molecule has 0 radical (unpaired) electrons. The van der Waals surface area contributed by atoms with Gasteiger partial charge in [0.1, 0.15) is 0 Å². The Morgan fingerprint density at radius 1 is 1.24 bits per heavy atom.